The average molecular weight is 800 g/mol. The zero-order chi connectivity index (χ0) is 42.9. The van der Waals surface area contributed by atoms with Crippen molar-refractivity contribution >= 4 is 34.3 Å². The van der Waals surface area contributed by atoms with Gasteiger partial charge in [0.25, 0.3) is 0 Å². The molecule has 0 bridgehead atoms. The molecule has 0 spiro atoms. The van der Waals surface area contributed by atoms with Crippen LogP contribution in [0.25, 0.3) is 11.3 Å². The highest BCUT2D eigenvalue weighted by molar-refractivity contribution is 5.98. The summed E-state index contributed by atoms with van der Waals surface area (Å²) in [5.74, 6) is 0.941. The van der Waals surface area contributed by atoms with Crippen LogP contribution < -0.4 is 15.5 Å². The van der Waals surface area contributed by atoms with E-state index in [2.05, 4.69) is 197 Å². The SMILES string of the molecule is C=C(/C=C\C=C/C)C(C)(C)c1ccccc1.CC1(C)c2ccccc2N(c2nnc(-c3ccccc3)c(N)c2N2c3ccccc3C(C)(C)C3C=CC=CC32)c2ccccc21. The molecule has 3 aliphatic rings. The normalized spacial score (nSPS) is 18.1. The van der Waals surface area contributed by atoms with Crippen LogP contribution in [0.3, 0.4) is 0 Å². The average Bonchev–Trinajstić information content (AvgIpc) is 3.28. The van der Waals surface area contributed by atoms with Crippen LogP contribution in [-0.4, -0.2) is 16.2 Å². The van der Waals surface area contributed by atoms with Crippen LogP contribution >= 0.6 is 0 Å². The molecule has 61 heavy (non-hydrogen) atoms. The molecule has 3 heterocycles. The molecule has 0 radical (unpaired) electrons. The van der Waals surface area contributed by atoms with E-state index in [1.807, 2.05) is 49.4 Å². The first kappa shape index (κ1) is 41.0. The molecule has 5 nitrogen and oxygen atoms in total. The summed E-state index contributed by atoms with van der Waals surface area (Å²) in [6.45, 7) is 19.9. The van der Waals surface area contributed by atoms with Gasteiger partial charge in [0, 0.05) is 33.4 Å². The summed E-state index contributed by atoms with van der Waals surface area (Å²) in [6, 6.07) is 46.7. The van der Waals surface area contributed by atoms with Crippen molar-refractivity contribution in [2.24, 2.45) is 5.92 Å². The summed E-state index contributed by atoms with van der Waals surface area (Å²) in [6.07, 6.45) is 17.2. The highest BCUT2D eigenvalue weighted by Gasteiger charge is 2.47. The van der Waals surface area contributed by atoms with Crippen LogP contribution in [0.5, 0.6) is 0 Å². The van der Waals surface area contributed by atoms with Crippen molar-refractivity contribution in [1.82, 2.24) is 10.2 Å². The van der Waals surface area contributed by atoms with Crippen LogP contribution in [0.4, 0.5) is 34.3 Å². The molecule has 5 aromatic carbocycles. The standard InChI is InChI=1S/C40H37N5.C16H20/c1-39(2)27-18-8-12-22-31(27)44(32-23-13-9-19-28(32)39)37-35(41)36(26-16-6-5-7-17-26)42-43-38(37)45-33-24-14-10-20-29(33)40(3,4)30-21-11-15-25-34(30)45;1-5-6-8-11-14(2)16(3,4)15-12-9-7-10-13-15/h5-25,27,31H,1-4H3,(H2,41,43);5-13H,2H2,1,3-4H3/b;6-5-,11-8-. The first-order valence-electron chi connectivity index (χ1n) is 21.4. The Bertz CT molecular complexity index is 2630. The van der Waals surface area contributed by atoms with Gasteiger partial charge >= 0.3 is 0 Å². The third-order valence-corrected chi connectivity index (χ3v) is 13.1. The maximum atomic E-state index is 7.38. The molecule has 306 valence electrons. The molecular formula is C56H57N5. The minimum absolute atomic E-state index is 0.0145. The van der Waals surface area contributed by atoms with E-state index in [0.717, 1.165) is 39.7 Å². The fourth-order valence-electron chi connectivity index (χ4n) is 9.41. The highest BCUT2D eigenvalue weighted by Crippen LogP contribution is 2.58. The smallest absolute Gasteiger partial charge is 0.186 e. The highest BCUT2D eigenvalue weighted by atomic mass is 15.3. The van der Waals surface area contributed by atoms with Crippen LogP contribution in [0.2, 0.25) is 0 Å². The molecular weight excluding hydrogens is 743 g/mol. The topological polar surface area (TPSA) is 58.3 Å². The Morgan fingerprint density at radius 3 is 1.84 bits per heavy atom. The van der Waals surface area contributed by atoms with Gasteiger partial charge in [0.15, 0.2) is 5.82 Å². The molecule has 1 aliphatic carbocycles. The van der Waals surface area contributed by atoms with Crippen LogP contribution in [0.1, 0.15) is 70.7 Å². The van der Waals surface area contributed by atoms with Crippen molar-refractivity contribution in [3.63, 3.8) is 0 Å². The lowest BCUT2D eigenvalue weighted by atomic mass is 9.65. The van der Waals surface area contributed by atoms with E-state index in [-0.39, 0.29) is 28.2 Å². The van der Waals surface area contributed by atoms with Gasteiger partial charge in [-0.25, -0.2) is 0 Å². The van der Waals surface area contributed by atoms with Crippen molar-refractivity contribution in [3.05, 3.63) is 216 Å². The van der Waals surface area contributed by atoms with Crippen LogP contribution in [-0.2, 0) is 16.2 Å². The fraction of sp³-hybridized carbons (Fsp3) is 0.214. The molecule has 2 unspecified atom stereocenters. The minimum atomic E-state index is -0.198. The van der Waals surface area contributed by atoms with Gasteiger partial charge in [0.2, 0.25) is 0 Å². The number of hydrogen-bond acceptors (Lipinski definition) is 5. The Morgan fingerprint density at radius 1 is 0.672 bits per heavy atom. The number of allylic oxidation sites excluding steroid dienone is 7. The Kier molecular flexibility index (Phi) is 11.0. The lowest BCUT2D eigenvalue weighted by Gasteiger charge is -2.51. The molecule has 0 saturated heterocycles. The molecule has 2 atom stereocenters. The summed E-state index contributed by atoms with van der Waals surface area (Å²) in [4.78, 5) is 4.71. The molecule has 0 saturated carbocycles. The summed E-state index contributed by atoms with van der Waals surface area (Å²) < 4.78 is 0. The van der Waals surface area contributed by atoms with Gasteiger partial charge in [-0.2, -0.15) is 0 Å². The first-order valence-corrected chi connectivity index (χ1v) is 21.4. The summed E-state index contributed by atoms with van der Waals surface area (Å²) in [7, 11) is 0. The number of fused-ring (bicyclic) bond motifs is 4. The maximum absolute atomic E-state index is 7.38. The van der Waals surface area contributed by atoms with Crippen molar-refractivity contribution in [2.45, 2.75) is 70.8 Å². The second-order valence-corrected chi connectivity index (χ2v) is 17.8. The molecule has 5 heteroatoms. The van der Waals surface area contributed by atoms with E-state index in [1.165, 1.54) is 22.3 Å². The maximum Gasteiger partial charge on any atom is 0.186 e. The monoisotopic (exact) mass is 799 g/mol. The summed E-state index contributed by atoms with van der Waals surface area (Å²) in [5, 5.41) is 9.99. The third-order valence-electron chi connectivity index (χ3n) is 13.1. The molecule has 0 fully saturated rings. The van der Waals surface area contributed by atoms with E-state index >= 15 is 0 Å². The quantitative estimate of drug-likeness (QED) is 0.163. The molecule has 1 aromatic heterocycles. The molecule has 6 aromatic rings. The molecule has 2 N–H and O–H groups in total. The van der Waals surface area contributed by atoms with Crippen molar-refractivity contribution in [2.75, 3.05) is 15.5 Å². The zero-order valence-corrected chi connectivity index (χ0v) is 36.5. The lowest BCUT2D eigenvalue weighted by molar-refractivity contribution is 0.332. The lowest BCUT2D eigenvalue weighted by Crippen LogP contribution is -2.50. The molecule has 9 rings (SSSR count). The fourth-order valence-corrected chi connectivity index (χ4v) is 9.41. The largest absolute Gasteiger partial charge is 0.395 e. The van der Waals surface area contributed by atoms with Gasteiger partial charge < -0.3 is 10.6 Å². The summed E-state index contributed by atoms with van der Waals surface area (Å²) >= 11 is 0. The molecule has 0 amide bonds. The Balaban J connectivity index is 0.000000272. The predicted molar refractivity (Wildman–Crippen MR) is 258 cm³/mol. The number of rotatable bonds is 7. The van der Waals surface area contributed by atoms with E-state index in [0.29, 0.717) is 11.4 Å². The number of aromatic nitrogens is 2. The summed E-state index contributed by atoms with van der Waals surface area (Å²) in [5.41, 5.74) is 19.7. The number of benzene rings is 5. The van der Waals surface area contributed by atoms with Crippen molar-refractivity contribution in [1.29, 1.82) is 0 Å². The number of nitrogens with two attached hydrogens (primary N) is 1. The van der Waals surface area contributed by atoms with E-state index in [1.54, 1.807) is 0 Å². The van der Waals surface area contributed by atoms with Gasteiger partial charge in [0.05, 0.1) is 23.1 Å². The Hall–Kier alpha value is -6.72. The predicted octanol–water partition coefficient (Wildman–Crippen LogP) is 14.0. The van der Waals surface area contributed by atoms with Crippen molar-refractivity contribution in [3.8, 4) is 11.3 Å². The van der Waals surface area contributed by atoms with Crippen LogP contribution in [0.15, 0.2) is 194 Å². The Morgan fingerprint density at radius 2 is 1.21 bits per heavy atom. The number of hydrogen-bond donors (Lipinski definition) is 1. The molecule has 2 aliphatic heterocycles. The van der Waals surface area contributed by atoms with Crippen molar-refractivity contribution < 1.29 is 0 Å². The van der Waals surface area contributed by atoms with Gasteiger partial charge in [0.1, 0.15) is 11.4 Å². The first-order chi connectivity index (χ1) is 29.4. The third kappa shape index (κ3) is 7.22. The second kappa shape index (κ2) is 16.4. The number of nitrogen functional groups attached to an aromatic ring is 1. The number of anilines is 6. The van der Waals surface area contributed by atoms with E-state index in [4.69, 9.17) is 15.9 Å². The number of para-hydroxylation sites is 3. The number of nitrogens with zero attached hydrogens (tertiary/aromatic N) is 4. The van der Waals surface area contributed by atoms with Gasteiger partial charge in [-0.1, -0.05) is 212 Å². The van der Waals surface area contributed by atoms with Gasteiger partial charge in [-0.05, 0) is 52.9 Å². The van der Waals surface area contributed by atoms with E-state index in [9.17, 15) is 0 Å². The van der Waals surface area contributed by atoms with Gasteiger partial charge in [-0.3, -0.25) is 4.90 Å². The Labute approximate surface area is 363 Å². The second-order valence-electron chi connectivity index (χ2n) is 17.8. The van der Waals surface area contributed by atoms with Crippen LogP contribution in [0, 0.1) is 5.92 Å². The zero-order valence-electron chi connectivity index (χ0n) is 36.5. The minimum Gasteiger partial charge on any atom is -0.395 e. The van der Waals surface area contributed by atoms with Gasteiger partial charge in [-0.15, -0.1) is 10.2 Å². The van der Waals surface area contributed by atoms with E-state index < -0.39 is 0 Å².